The van der Waals surface area contributed by atoms with Crippen LogP contribution < -0.4 is 11.1 Å². The maximum Gasteiger partial charge on any atom is 0.256 e. The van der Waals surface area contributed by atoms with E-state index < -0.39 is 0 Å². The summed E-state index contributed by atoms with van der Waals surface area (Å²) >= 11 is 13.6. The van der Waals surface area contributed by atoms with E-state index in [-0.39, 0.29) is 11.5 Å². The molecule has 8 heteroatoms. The predicted octanol–water partition coefficient (Wildman–Crippen LogP) is 3.15. The molecule has 1 heterocycles. The molecule has 0 aliphatic carbocycles. The first kappa shape index (κ1) is 19.6. The summed E-state index contributed by atoms with van der Waals surface area (Å²) in [4.78, 5) is 20.6. The van der Waals surface area contributed by atoms with E-state index in [1.165, 1.54) is 6.20 Å². The topological polar surface area (TPSA) is 80.9 Å². The number of hydrogen-bond acceptors (Lipinski definition) is 5. The Morgan fingerprint density at radius 1 is 1.24 bits per heavy atom. The Balaban J connectivity index is 2.07. The highest BCUT2D eigenvalue weighted by molar-refractivity contribution is 7.98. The van der Waals surface area contributed by atoms with Gasteiger partial charge in [-0.05, 0) is 29.5 Å². The molecule has 3 N–H and O–H groups in total. The number of benzene rings is 1. The molecule has 2 rings (SSSR count). The van der Waals surface area contributed by atoms with Crippen LogP contribution in [0.2, 0.25) is 10.0 Å². The molecule has 0 saturated heterocycles. The molecule has 1 aromatic carbocycles. The van der Waals surface area contributed by atoms with Crippen molar-refractivity contribution in [3.05, 3.63) is 63.8 Å². The van der Waals surface area contributed by atoms with Crippen LogP contribution >= 0.6 is 35.0 Å². The fourth-order valence-electron chi connectivity index (χ4n) is 2.08. The number of thioether (sulfide) groups is 1. The predicted molar refractivity (Wildman–Crippen MR) is 105 cm³/mol. The Morgan fingerprint density at radius 2 is 1.96 bits per heavy atom. The number of carbonyl (C=O) groups is 1. The minimum atomic E-state index is -0.284. The van der Waals surface area contributed by atoms with Gasteiger partial charge in [0.15, 0.2) is 5.82 Å². The highest BCUT2D eigenvalue weighted by Crippen LogP contribution is 2.23. The van der Waals surface area contributed by atoms with Crippen LogP contribution in [0.5, 0.6) is 0 Å². The average molecular weight is 397 g/mol. The van der Waals surface area contributed by atoms with E-state index in [2.05, 4.69) is 15.3 Å². The first-order valence-electron chi connectivity index (χ1n) is 7.49. The van der Waals surface area contributed by atoms with E-state index in [9.17, 15) is 4.79 Å². The van der Waals surface area contributed by atoms with E-state index >= 15 is 0 Å². The quantitative estimate of drug-likeness (QED) is 0.554. The van der Waals surface area contributed by atoms with Gasteiger partial charge in [-0.3, -0.25) is 4.79 Å². The van der Waals surface area contributed by atoms with Gasteiger partial charge < -0.3 is 11.1 Å². The van der Waals surface area contributed by atoms with Crippen LogP contribution in [0.1, 0.15) is 17.0 Å². The number of rotatable bonds is 7. The van der Waals surface area contributed by atoms with Crippen LogP contribution in [-0.2, 0) is 11.2 Å². The number of halogens is 2. The van der Waals surface area contributed by atoms with Crippen molar-refractivity contribution in [2.45, 2.75) is 6.42 Å². The van der Waals surface area contributed by atoms with Gasteiger partial charge in [-0.15, -0.1) is 0 Å². The second-order valence-electron chi connectivity index (χ2n) is 5.17. The van der Waals surface area contributed by atoms with Gasteiger partial charge in [-0.2, -0.15) is 11.8 Å². The average Bonchev–Trinajstić information content (AvgIpc) is 2.60. The lowest BCUT2D eigenvalue weighted by Gasteiger charge is -2.08. The molecule has 25 heavy (non-hydrogen) atoms. The first-order valence-corrected chi connectivity index (χ1v) is 9.64. The van der Waals surface area contributed by atoms with Crippen LogP contribution in [0, 0.1) is 0 Å². The lowest BCUT2D eigenvalue weighted by molar-refractivity contribution is -0.115. The fourth-order valence-corrected chi connectivity index (χ4v) is 2.71. The van der Waals surface area contributed by atoms with Crippen LogP contribution in [0.3, 0.4) is 0 Å². The van der Waals surface area contributed by atoms with E-state index in [1.54, 1.807) is 30.2 Å². The SMILES string of the molecule is CSCCNC(=O)/C(=C/N)c1ncc(Cc2ccc(Cl)c(Cl)c2)cn1. The van der Waals surface area contributed by atoms with E-state index in [0.717, 1.165) is 16.9 Å². The van der Waals surface area contributed by atoms with Crippen molar-refractivity contribution >= 4 is 46.4 Å². The molecule has 0 saturated carbocycles. The normalized spacial score (nSPS) is 11.4. The van der Waals surface area contributed by atoms with Gasteiger partial charge in [-0.25, -0.2) is 9.97 Å². The molecule has 0 spiro atoms. The van der Waals surface area contributed by atoms with Crippen molar-refractivity contribution in [1.29, 1.82) is 0 Å². The monoisotopic (exact) mass is 396 g/mol. The molecule has 1 amide bonds. The Labute approximate surface area is 161 Å². The molecular weight excluding hydrogens is 379 g/mol. The zero-order chi connectivity index (χ0) is 18.2. The molecule has 1 aromatic heterocycles. The van der Waals surface area contributed by atoms with Crippen LogP contribution in [0.15, 0.2) is 36.8 Å². The summed E-state index contributed by atoms with van der Waals surface area (Å²) in [5, 5.41) is 3.81. The summed E-state index contributed by atoms with van der Waals surface area (Å²) in [5.74, 6) is 0.836. The number of nitrogens with zero attached hydrogens (tertiary/aromatic N) is 2. The molecule has 0 fully saturated rings. The van der Waals surface area contributed by atoms with Gasteiger partial charge in [0, 0.05) is 37.3 Å². The molecule has 0 unspecified atom stereocenters. The van der Waals surface area contributed by atoms with Crippen molar-refractivity contribution in [3.8, 4) is 0 Å². The first-order chi connectivity index (χ1) is 12.0. The van der Waals surface area contributed by atoms with Gasteiger partial charge in [0.1, 0.15) is 0 Å². The summed E-state index contributed by atoms with van der Waals surface area (Å²) in [5.41, 5.74) is 7.70. The molecule has 132 valence electrons. The summed E-state index contributed by atoms with van der Waals surface area (Å²) in [6, 6.07) is 5.46. The summed E-state index contributed by atoms with van der Waals surface area (Å²) < 4.78 is 0. The number of nitrogens with two attached hydrogens (primary N) is 1. The summed E-state index contributed by atoms with van der Waals surface area (Å²) in [6.45, 7) is 0.562. The fraction of sp³-hybridized carbons (Fsp3) is 0.235. The largest absolute Gasteiger partial charge is 0.404 e. The summed E-state index contributed by atoms with van der Waals surface area (Å²) in [6.07, 6.45) is 7.15. The zero-order valence-corrected chi connectivity index (χ0v) is 16.0. The van der Waals surface area contributed by atoms with Gasteiger partial charge in [0.2, 0.25) is 0 Å². The lowest BCUT2D eigenvalue weighted by atomic mass is 10.1. The van der Waals surface area contributed by atoms with Crippen molar-refractivity contribution in [2.24, 2.45) is 5.73 Å². The van der Waals surface area contributed by atoms with Gasteiger partial charge in [-0.1, -0.05) is 29.3 Å². The van der Waals surface area contributed by atoms with E-state index in [1.807, 2.05) is 18.4 Å². The smallest absolute Gasteiger partial charge is 0.256 e. The van der Waals surface area contributed by atoms with Crippen LogP contribution in [0.4, 0.5) is 0 Å². The van der Waals surface area contributed by atoms with Gasteiger partial charge in [0.25, 0.3) is 5.91 Å². The molecule has 0 radical (unpaired) electrons. The highest BCUT2D eigenvalue weighted by atomic mass is 35.5. The number of hydrogen-bond donors (Lipinski definition) is 2. The number of amides is 1. The number of aromatic nitrogens is 2. The second kappa shape index (κ2) is 9.65. The van der Waals surface area contributed by atoms with Crippen LogP contribution in [-0.4, -0.2) is 34.4 Å². The van der Waals surface area contributed by atoms with E-state index in [4.69, 9.17) is 28.9 Å². The molecule has 0 atom stereocenters. The molecule has 2 aromatic rings. The number of nitrogens with one attached hydrogen (secondary N) is 1. The van der Waals surface area contributed by atoms with Crippen molar-refractivity contribution in [3.63, 3.8) is 0 Å². The molecule has 0 aliphatic rings. The van der Waals surface area contributed by atoms with Crippen LogP contribution in [0.25, 0.3) is 5.57 Å². The number of carbonyl (C=O) groups excluding carboxylic acids is 1. The Kier molecular flexibility index (Phi) is 7.55. The Hall–Kier alpha value is -1.76. The summed E-state index contributed by atoms with van der Waals surface area (Å²) in [7, 11) is 0. The standard InChI is InChI=1S/C17H18Cl2N4OS/c1-25-5-4-21-17(24)13(8-20)16-22-9-12(10-23-16)6-11-2-3-14(18)15(19)7-11/h2-3,7-10H,4-6,20H2,1H3,(H,21,24)/b13-8+. The molecule has 5 nitrogen and oxygen atoms in total. The molecule has 0 aliphatic heterocycles. The third-order valence-electron chi connectivity index (χ3n) is 3.34. The zero-order valence-electron chi connectivity index (χ0n) is 13.6. The van der Waals surface area contributed by atoms with E-state index in [0.29, 0.717) is 28.8 Å². The second-order valence-corrected chi connectivity index (χ2v) is 6.97. The van der Waals surface area contributed by atoms with Gasteiger partial charge >= 0.3 is 0 Å². The van der Waals surface area contributed by atoms with Crippen molar-refractivity contribution in [1.82, 2.24) is 15.3 Å². The minimum Gasteiger partial charge on any atom is -0.404 e. The van der Waals surface area contributed by atoms with Crippen molar-refractivity contribution < 1.29 is 4.79 Å². The third-order valence-corrected chi connectivity index (χ3v) is 4.69. The Bertz CT molecular complexity index is 766. The Morgan fingerprint density at radius 3 is 2.56 bits per heavy atom. The third kappa shape index (κ3) is 5.63. The van der Waals surface area contributed by atoms with Crippen molar-refractivity contribution in [2.75, 3.05) is 18.6 Å². The highest BCUT2D eigenvalue weighted by Gasteiger charge is 2.14. The maximum atomic E-state index is 12.1. The molecular formula is C17H18Cl2N4OS. The molecule has 0 bridgehead atoms. The van der Waals surface area contributed by atoms with Gasteiger partial charge in [0.05, 0.1) is 15.6 Å². The maximum absolute atomic E-state index is 12.1. The lowest BCUT2D eigenvalue weighted by Crippen LogP contribution is -2.27. The minimum absolute atomic E-state index is 0.252.